The Labute approximate surface area is 75.7 Å². The topological polar surface area (TPSA) is 52.0 Å². The second kappa shape index (κ2) is 4.83. The van der Waals surface area contributed by atoms with E-state index in [-0.39, 0.29) is 6.04 Å². The second-order valence-corrected chi connectivity index (χ2v) is 4.27. The van der Waals surface area contributed by atoms with Crippen LogP contribution >= 0.6 is 0 Å². The fraction of sp³-hybridized carbons (Fsp3) is 1.00. The first kappa shape index (κ1) is 10.0. The van der Waals surface area contributed by atoms with Crippen molar-refractivity contribution in [3.05, 3.63) is 0 Å². The fourth-order valence-electron chi connectivity index (χ4n) is 2.18. The summed E-state index contributed by atoms with van der Waals surface area (Å²) >= 11 is 0. The van der Waals surface area contributed by atoms with Crippen LogP contribution < -0.4 is 11.5 Å². The summed E-state index contributed by atoms with van der Waals surface area (Å²) in [5.41, 5.74) is 11.8. The van der Waals surface area contributed by atoms with Crippen molar-refractivity contribution in [2.24, 2.45) is 17.4 Å². The molecule has 2 atom stereocenters. The van der Waals surface area contributed by atoms with Gasteiger partial charge in [-0.05, 0) is 32.1 Å². The Morgan fingerprint density at radius 3 is 2.25 bits per heavy atom. The van der Waals surface area contributed by atoms with Crippen molar-refractivity contribution < 1.29 is 0 Å². The summed E-state index contributed by atoms with van der Waals surface area (Å²) < 4.78 is 0. The lowest BCUT2D eigenvalue weighted by Gasteiger charge is -2.28. The molecular weight excluding hydrogens is 148 g/mol. The number of hydrogen-bond acceptors (Lipinski definition) is 2. The highest BCUT2D eigenvalue weighted by Gasteiger charge is 2.20. The van der Waals surface area contributed by atoms with Crippen LogP contribution in [0, 0.1) is 5.92 Å². The molecule has 0 radical (unpaired) electrons. The highest BCUT2D eigenvalue weighted by molar-refractivity contribution is 4.78. The van der Waals surface area contributed by atoms with Crippen molar-refractivity contribution in [3.8, 4) is 0 Å². The van der Waals surface area contributed by atoms with E-state index < -0.39 is 0 Å². The van der Waals surface area contributed by atoms with Crippen LogP contribution in [0.5, 0.6) is 0 Å². The molecule has 72 valence electrons. The largest absolute Gasteiger partial charge is 0.328 e. The van der Waals surface area contributed by atoms with Crippen LogP contribution in [-0.4, -0.2) is 12.1 Å². The Morgan fingerprint density at radius 1 is 1.17 bits per heavy atom. The molecule has 0 aliphatic heterocycles. The molecule has 0 bridgehead atoms. The molecule has 0 aromatic carbocycles. The predicted octanol–water partition coefficient (Wildman–Crippen LogP) is 1.63. The lowest BCUT2D eigenvalue weighted by atomic mass is 9.82. The average Bonchev–Trinajstić information content (AvgIpc) is 2.05. The highest BCUT2D eigenvalue weighted by Crippen LogP contribution is 2.26. The van der Waals surface area contributed by atoms with Gasteiger partial charge < -0.3 is 11.5 Å². The van der Waals surface area contributed by atoms with Crippen LogP contribution in [0.3, 0.4) is 0 Å². The molecular formula is C10H22N2. The Bertz CT molecular complexity index is 117. The van der Waals surface area contributed by atoms with Gasteiger partial charge in [0.15, 0.2) is 0 Å². The molecule has 1 aliphatic rings. The summed E-state index contributed by atoms with van der Waals surface area (Å²) in [5, 5.41) is 0. The minimum atomic E-state index is 0.266. The van der Waals surface area contributed by atoms with Crippen molar-refractivity contribution in [1.82, 2.24) is 0 Å². The number of rotatable bonds is 3. The van der Waals surface area contributed by atoms with Gasteiger partial charge in [-0.1, -0.05) is 19.3 Å². The van der Waals surface area contributed by atoms with Crippen LogP contribution in [0.2, 0.25) is 0 Å². The zero-order valence-corrected chi connectivity index (χ0v) is 8.13. The summed E-state index contributed by atoms with van der Waals surface area (Å²) in [7, 11) is 0. The average molecular weight is 170 g/mol. The van der Waals surface area contributed by atoms with Crippen LogP contribution in [0.4, 0.5) is 0 Å². The van der Waals surface area contributed by atoms with Crippen molar-refractivity contribution >= 4 is 0 Å². The molecule has 0 aromatic rings. The predicted molar refractivity (Wildman–Crippen MR) is 52.8 cm³/mol. The summed E-state index contributed by atoms with van der Waals surface area (Å²) in [4.78, 5) is 0. The standard InChI is InChI=1S/C10H22N2/c1-8(11)7-10(12)9-5-3-2-4-6-9/h8-10H,2-7,11-12H2,1H3. The van der Waals surface area contributed by atoms with Crippen molar-refractivity contribution in [1.29, 1.82) is 0 Å². The first-order valence-corrected chi connectivity index (χ1v) is 5.21. The van der Waals surface area contributed by atoms with Crippen molar-refractivity contribution in [3.63, 3.8) is 0 Å². The van der Waals surface area contributed by atoms with E-state index in [1.165, 1.54) is 32.1 Å². The third-order valence-electron chi connectivity index (χ3n) is 2.90. The molecule has 0 saturated heterocycles. The molecule has 1 aliphatic carbocycles. The van der Waals surface area contributed by atoms with Crippen LogP contribution in [0.25, 0.3) is 0 Å². The third kappa shape index (κ3) is 3.11. The normalized spacial score (nSPS) is 25.2. The first-order valence-electron chi connectivity index (χ1n) is 5.21. The zero-order chi connectivity index (χ0) is 8.97. The molecule has 1 fully saturated rings. The van der Waals surface area contributed by atoms with Crippen LogP contribution in [0.1, 0.15) is 45.4 Å². The van der Waals surface area contributed by atoms with Gasteiger partial charge in [-0.2, -0.15) is 0 Å². The Balaban J connectivity index is 2.24. The van der Waals surface area contributed by atoms with E-state index in [2.05, 4.69) is 0 Å². The molecule has 2 heteroatoms. The number of hydrogen-bond donors (Lipinski definition) is 2. The molecule has 12 heavy (non-hydrogen) atoms. The van der Waals surface area contributed by atoms with E-state index in [4.69, 9.17) is 11.5 Å². The van der Waals surface area contributed by atoms with E-state index >= 15 is 0 Å². The van der Waals surface area contributed by atoms with Crippen molar-refractivity contribution in [2.45, 2.75) is 57.5 Å². The van der Waals surface area contributed by atoms with Crippen LogP contribution in [-0.2, 0) is 0 Å². The third-order valence-corrected chi connectivity index (χ3v) is 2.90. The summed E-state index contributed by atoms with van der Waals surface area (Å²) in [5.74, 6) is 0.754. The lowest BCUT2D eigenvalue weighted by molar-refractivity contribution is 0.287. The van der Waals surface area contributed by atoms with Gasteiger partial charge in [-0.3, -0.25) is 0 Å². The summed E-state index contributed by atoms with van der Waals surface area (Å²) in [6.07, 6.45) is 7.79. The zero-order valence-electron chi connectivity index (χ0n) is 8.13. The van der Waals surface area contributed by atoms with E-state index in [1.54, 1.807) is 0 Å². The van der Waals surface area contributed by atoms with Gasteiger partial charge in [0.1, 0.15) is 0 Å². The van der Waals surface area contributed by atoms with Gasteiger partial charge in [0.25, 0.3) is 0 Å². The molecule has 4 N–H and O–H groups in total. The van der Waals surface area contributed by atoms with Gasteiger partial charge in [-0.25, -0.2) is 0 Å². The minimum absolute atomic E-state index is 0.266. The van der Waals surface area contributed by atoms with Gasteiger partial charge in [0.05, 0.1) is 0 Å². The molecule has 2 nitrogen and oxygen atoms in total. The molecule has 0 heterocycles. The first-order chi connectivity index (χ1) is 5.70. The molecule has 1 saturated carbocycles. The summed E-state index contributed by atoms with van der Waals surface area (Å²) in [6, 6.07) is 0.618. The van der Waals surface area contributed by atoms with Gasteiger partial charge in [0.2, 0.25) is 0 Å². The maximum Gasteiger partial charge on any atom is 0.00817 e. The van der Waals surface area contributed by atoms with E-state index in [0.29, 0.717) is 6.04 Å². The molecule has 1 rings (SSSR count). The monoisotopic (exact) mass is 170 g/mol. The van der Waals surface area contributed by atoms with Gasteiger partial charge in [0, 0.05) is 12.1 Å². The number of nitrogens with two attached hydrogens (primary N) is 2. The van der Waals surface area contributed by atoms with Crippen molar-refractivity contribution in [2.75, 3.05) is 0 Å². The Morgan fingerprint density at radius 2 is 1.75 bits per heavy atom. The quantitative estimate of drug-likeness (QED) is 0.676. The molecule has 0 amide bonds. The highest BCUT2D eigenvalue weighted by atomic mass is 14.7. The molecule has 0 spiro atoms. The van der Waals surface area contributed by atoms with Gasteiger partial charge in [-0.15, -0.1) is 0 Å². The lowest BCUT2D eigenvalue weighted by Crippen LogP contribution is -2.36. The smallest absolute Gasteiger partial charge is 0.00817 e. The Hall–Kier alpha value is -0.0800. The fourth-order valence-corrected chi connectivity index (χ4v) is 2.18. The van der Waals surface area contributed by atoms with Crippen LogP contribution in [0.15, 0.2) is 0 Å². The maximum absolute atomic E-state index is 6.07. The SMILES string of the molecule is CC(N)CC(N)C1CCCCC1. The maximum atomic E-state index is 6.07. The Kier molecular flexibility index (Phi) is 4.02. The van der Waals surface area contributed by atoms with E-state index in [9.17, 15) is 0 Å². The summed E-state index contributed by atoms with van der Waals surface area (Å²) in [6.45, 7) is 2.04. The van der Waals surface area contributed by atoms with E-state index in [1.807, 2.05) is 6.92 Å². The molecule has 0 aromatic heterocycles. The minimum Gasteiger partial charge on any atom is -0.328 e. The van der Waals surface area contributed by atoms with E-state index in [0.717, 1.165) is 12.3 Å². The van der Waals surface area contributed by atoms with Gasteiger partial charge >= 0.3 is 0 Å². The molecule has 2 unspecified atom stereocenters. The second-order valence-electron chi connectivity index (χ2n) is 4.27.